The Morgan fingerprint density at radius 2 is 2.00 bits per heavy atom. The highest BCUT2D eigenvalue weighted by atomic mass is 32.1. The van der Waals surface area contributed by atoms with Gasteiger partial charge in [-0.15, -0.1) is 11.3 Å². The molecule has 168 valence electrons. The average molecular weight is 456 g/mol. The lowest BCUT2D eigenvalue weighted by Crippen LogP contribution is -2.47. The van der Waals surface area contributed by atoms with Gasteiger partial charge in [-0.2, -0.15) is 5.26 Å². The largest absolute Gasteiger partial charge is 0.496 e. The first-order valence-electron chi connectivity index (χ1n) is 10.3. The van der Waals surface area contributed by atoms with Gasteiger partial charge in [0.15, 0.2) is 0 Å². The smallest absolute Gasteiger partial charge is 0.306 e. The summed E-state index contributed by atoms with van der Waals surface area (Å²) in [4.78, 5) is 39.5. The van der Waals surface area contributed by atoms with Gasteiger partial charge in [-0.1, -0.05) is 18.2 Å². The number of thiophene rings is 1. The summed E-state index contributed by atoms with van der Waals surface area (Å²) in [5.74, 6) is -0.206. The fraction of sp³-hybridized carbons (Fsp3) is 0.391. The van der Waals surface area contributed by atoms with Gasteiger partial charge in [0, 0.05) is 24.8 Å². The molecule has 1 N–H and O–H groups in total. The first-order valence-corrected chi connectivity index (χ1v) is 11.1. The van der Waals surface area contributed by atoms with Crippen LogP contribution in [-0.4, -0.2) is 43.4 Å². The molecule has 1 unspecified atom stereocenters. The van der Waals surface area contributed by atoms with Crippen molar-refractivity contribution in [3.8, 4) is 11.8 Å². The highest BCUT2D eigenvalue weighted by molar-refractivity contribution is 7.10. The number of hydrogen-bond acceptors (Lipinski definition) is 7. The van der Waals surface area contributed by atoms with Crippen LogP contribution in [0.25, 0.3) is 0 Å². The molecule has 0 saturated carbocycles. The maximum Gasteiger partial charge on any atom is 0.306 e. The van der Waals surface area contributed by atoms with Crippen molar-refractivity contribution in [1.82, 2.24) is 10.2 Å². The summed E-state index contributed by atoms with van der Waals surface area (Å²) >= 11 is 1.35. The number of para-hydroxylation sites is 1. The molecule has 8 nitrogen and oxygen atoms in total. The molecule has 1 aromatic heterocycles. The minimum absolute atomic E-state index is 0.00786. The Morgan fingerprint density at radius 3 is 2.72 bits per heavy atom. The topological polar surface area (TPSA) is 109 Å². The van der Waals surface area contributed by atoms with E-state index in [1.54, 1.807) is 17.4 Å². The van der Waals surface area contributed by atoms with Crippen molar-refractivity contribution in [3.63, 3.8) is 0 Å². The van der Waals surface area contributed by atoms with E-state index >= 15 is 0 Å². The number of carbonyl (C=O) groups excluding carboxylic acids is 3. The van der Waals surface area contributed by atoms with Crippen molar-refractivity contribution >= 4 is 29.1 Å². The van der Waals surface area contributed by atoms with E-state index in [1.165, 1.54) is 18.4 Å². The summed E-state index contributed by atoms with van der Waals surface area (Å²) in [5.41, 5.74) is 2.35. The summed E-state index contributed by atoms with van der Waals surface area (Å²) in [6.07, 6.45) is 0.528. The average Bonchev–Trinajstić information content (AvgIpc) is 3.25. The number of hydrogen-bond donors (Lipinski definition) is 1. The number of rotatable bonds is 8. The van der Waals surface area contributed by atoms with Crippen LogP contribution < -0.4 is 10.1 Å². The minimum Gasteiger partial charge on any atom is -0.496 e. The van der Waals surface area contributed by atoms with E-state index in [4.69, 9.17) is 4.74 Å². The number of fused-ring (bicyclic) bond motifs is 1. The SMILES string of the molecule is COC(=O)CCC(=O)N1CCc2c(C#N)csc2C1NC(=O)CCc1ccccc1OC. The van der Waals surface area contributed by atoms with Crippen molar-refractivity contribution < 1.29 is 23.9 Å². The molecular formula is C23H25N3O5S. The van der Waals surface area contributed by atoms with Crippen molar-refractivity contribution in [1.29, 1.82) is 5.26 Å². The number of methoxy groups -OCH3 is 2. The molecule has 1 atom stereocenters. The maximum absolute atomic E-state index is 12.8. The summed E-state index contributed by atoms with van der Waals surface area (Å²) in [7, 11) is 2.86. The number of amides is 2. The normalized spacial score (nSPS) is 14.8. The monoisotopic (exact) mass is 455 g/mol. The maximum atomic E-state index is 12.8. The van der Waals surface area contributed by atoms with Gasteiger partial charge in [0.05, 0.1) is 31.1 Å². The van der Waals surface area contributed by atoms with Gasteiger partial charge in [-0.25, -0.2) is 0 Å². The van der Waals surface area contributed by atoms with Crippen LogP contribution in [0.15, 0.2) is 29.6 Å². The number of ether oxygens (including phenoxy) is 2. The first kappa shape index (κ1) is 23.3. The standard InChI is InChI=1S/C23H25N3O5S/c1-30-18-6-4-3-5-15(18)7-8-19(27)25-23-22-17(16(13-24)14-32-22)11-12-26(23)20(28)9-10-21(29)31-2/h3-6,14,23H,7-12H2,1-2H3,(H,25,27). The fourth-order valence-corrected chi connectivity index (χ4v) is 4.84. The predicted molar refractivity (Wildman–Crippen MR) is 118 cm³/mol. The van der Waals surface area contributed by atoms with Crippen LogP contribution in [0.4, 0.5) is 0 Å². The van der Waals surface area contributed by atoms with Crippen molar-refractivity contribution in [2.24, 2.45) is 0 Å². The summed E-state index contributed by atoms with van der Waals surface area (Å²) in [6, 6.07) is 9.69. The molecule has 32 heavy (non-hydrogen) atoms. The van der Waals surface area contributed by atoms with Crippen molar-refractivity contribution in [2.75, 3.05) is 20.8 Å². The van der Waals surface area contributed by atoms with E-state index in [-0.39, 0.29) is 31.1 Å². The fourth-order valence-electron chi connectivity index (χ4n) is 3.73. The quantitative estimate of drug-likeness (QED) is 0.613. The lowest BCUT2D eigenvalue weighted by atomic mass is 10.0. The molecule has 2 heterocycles. The van der Waals surface area contributed by atoms with Gasteiger partial charge < -0.3 is 19.7 Å². The van der Waals surface area contributed by atoms with Crippen molar-refractivity contribution in [3.05, 3.63) is 51.2 Å². The van der Waals surface area contributed by atoms with Crippen LogP contribution in [0.3, 0.4) is 0 Å². The highest BCUT2D eigenvalue weighted by Crippen LogP contribution is 2.35. The van der Waals surface area contributed by atoms with E-state index in [0.29, 0.717) is 24.9 Å². The van der Waals surface area contributed by atoms with Gasteiger partial charge in [-0.3, -0.25) is 14.4 Å². The van der Waals surface area contributed by atoms with E-state index in [9.17, 15) is 19.6 Å². The molecule has 0 fully saturated rings. The van der Waals surface area contributed by atoms with Crippen LogP contribution in [0.5, 0.6) is 5.75 Å². The Bertz CT molecular complexity index is 1040. The summed E-state index contributed by atoms with van der Waals surface area (Å²) < 4.78 is 9.96. The van der Waals surface area contributed by atoms with Crippen LogP contribution in [0.1, 0.15) is 47.0 Å². The molecule has 0 radical (unpaired) electrons. The van der Waals surface area contributed by atoms with Crippen LogP contribution >= 0.6 is 11.3 Å². The van der Waals surface area contributed by atoms with Gasteiger partial charge in [0.1, 0.15) is 18.0 Å². The summed E-state index contributed by atoms with van der Waals surface area (Å²) in [6.45, 7) is 0.357. The Balaban J connectivity index is 1.75. The van der Waals surface area contributed by atoms with E-state index < -0.39 is 12.1 Å². The van der Waals surface area contributed by atoms with Crippen molar-refractivity contribution in [2.45, 2.75) is 38.3 Å². The van der Waals surface area contributed by atoms with E-state index in [0.717, 1.165) is 21.8 Å². The molecule has 3 rings (SSSR count). The molecule has 2 aromatic rings. The second-order valence-corrected chi connectivity index (χ2v) is 8.21. The Hall–Kier alpha value is -3.38. The molecule has 0 aliphatic carbocycles. The zero-order valence-electron chi connectivity index (χ0n) is 18.1. The number of nitrogens with zero attached hydrogens (tertiary/aromatic N) is 2. The second kappa shape index (κ2) is 10.8. The van der Waals surface area contributed by atoms with Crippen LogP contribution in [-0.2, 0) is 32.0 Å². The molecule has 0 saturated heterocycles. The number of aryl methyl sites for hydroxylation is 1. The van der Waals surface area contributed by atoms with E-state index in [2.05, 4.69) is 16.1 Å². The number of nitriles is 1. The Kier molecular flexibility index (Phi) is 7.84. The molecule has 9 heteroatoms. The second-order valence-electron chi connectivity index (χ2n) is 7.30. The highest BCUT2D eigenvalue weighted by Gasteiger charge is 2.34. The number of esters is 1. The Morgan fingerprint density at radius 1 is 1.22 bits per heavy atom. The molecular weight excluding hydrogens is 430 g/mol. The molecule has 2 amide bonds. The zero-order valence-corrected chi connectivity index (χ0v) is 18.9. The number of nitrogens with one attached hydrogen (secondary N) is 1. The minimum atomic E-state index is -0.666. The molecule has 1 aliphatic heterocycles. The van der Waals surface area contributed by atoms with Gasteiger partial charge in [0.2, 0.25) is 11.8 Å². The Labute approximate surface area is 190 Å². The third-order valence-electron chi connectivity index (χ3n) is 5.41. The third-order valence-corrected chi connectivity index (χ3v) is 6.49. The molecule has 0 spiro atoms. The predicted octanol–water partition coefficient (Wildman–Crippen LogP) is 2.71. The van der Waals surface area contributed by atoms with E-state index in [1.807, 2.05) is 24.3 Å². The lowest BCUT2D eigenvalue weighted by Gasteiger charge is -2.36. The van der Waals surface area contributed by atoms with Gasteiger partial charge in [-0.05, 0) is 30.0 Å². The number of carbonyl (C=O) groups is 3. The molecule has 0 bridgehead atoms. The van der Waals surface area contributed by atoms with Crippen LogP contribution in [0, 0.1) is 11.3 Å². The molecule has 1 aliphatic rings. The zero-order chi connectivity index (χ0) is 23.1. The molecule has 1 aromatic carbocycles. The van der Waals surface area contributed by atoms with Gasteiger partial charge in [0.25, 0.3) is 0 Å². The number of benzene rings is 1. The lowest BCUT2D eigenvalue weighted by molar-refractivity contribution is -0.145. The third kappa shape index (κ3) is 5.26. The summed E-state index contributed by atoms with van der Waals surface area (Å²) in [5, 5.41) is 14.1. The van der Waals surface area contributed by atoms with Crippen LogP contribution in [0.2, 0.25) is 0 Å². The first-order chi connectivity index (χ1) is 15.5. The van der Waals surface area contributed by atoms with Gasteiger partial charge >= 0.3 is 5.97 Å².